The van der Waals surface area contributed by atoms with Gasteiger partial charge in [-0.3, -0.25) is 4.79 Å². The molecule has 0 saturated heterocycles. The average molecular weight is 328 g/mol. The normalized spacial score (nSPS) is 18.1. The van der Waals surface area contributed by atoms with E-state index >= 15 is 0 Å². The minimum atomic E-state index is -0.284. The van der Waals surface area contributed by atoms with E-state index < -0.39 is 0 Å². The molecule has 0 bridgehead atoms. The van der Waals surface area contributed by atoms with E-state index in [-0.39, 0.29) is 11.9 Å². The molecule has 124 valence electrons. The lowest BCUT2D eigenvalue weighted by Crippen LogP contribution is -2.12. The third-order valence-corrected chi connectivity index (χ3v) is 4.93. The molecular weight excluding hydrogens is 308 g/mol. The third kappa shape index (κ3) is 3.08. The smallest absolute Gasteiger partial charge is 0.307 e. The fraction of sp³-hybridized carbons (Fsp3) is 0.174. The minimum absolute atomic E-state index is 0.235. The van der Waals surface area contributed by atoms with Crippen molar-refractivity contribution in [3.8, 4) is 0 Å². The zero-order chi connectivity index (χ0) is 17.2. The molecule has 2 heteroatoms. The Balaban J connectivity index is 1.81. The van der Waals surface area contributed by atoms with Gasteiger partial charge in [-0.25, -0.2) is 0 Å². The summed E-state index contributed by atoms with van der Waals surface area (Å²) in [5, 5.41) is 2.48. The van der Waals surface area contributed by atoms with Gasteiger partial charge in [0.15, 0.2) is 0 Å². The molecule has 0 unspecified atom stereocenters. The maximum absolute atomic E-state index is 11.3. The lowest BCUT2D eigenvalue weighted by Gasteiger charge is -2.28. The first-order valence-corrected chi connectivity index (χ1v) is 8.66. The standard InChI is InChI=1S/C23H20O2/c1-16(24)25-15-23-21-9-5-4-7-18(21)12-13-22(23)20-11-10-17-6-2-3-8-19(17)14-20/h2-11,14-15,22H,12-13H2,1H3/b23-15-/t22-/m1/s1. The summed E-state index contributed by atoms with van der Waals surface area (Å²) in [7, 11) is 0. The number of esters is 1. The molecule has 0 saturated carbocycles. The molecular formula is C23H20O2. The Hall–Kier alpha value is -2.87. The van der Waals surface area contributed by atoms with Crippen LogP contribution in [0.4, 0.5) is 0 Å². The Morgan fingerprint density at radius 3 is 2.60 bits per heavy atom. The molecule has 4 rings (SSSR count). The van der Waals surface area contributed by atoms with Gasteiger partial charge in [0.2, 0.25) is 0 Å². The zero-order valence-electron chi connectivity index (χ0n) is 14.2. The van der Waals surface area contributed by atoms with Gasteiger partial charge in [0.25, 0.3) is 0 Å². The van der Waals surface area contributed by atoms with Crippen molar-refractivity contribution in [1.29, 1.82) is 0 Å². The summed E-state index contributed by atoms with van der Waals surface area (Å²) in [6, 6.07) is 23.4. The van der Waals surface area contributed by atoms with Gasteiger partial charge in [-0.05, 0) is 40.3 Å². The van der Waals surface area contributed by atoms with E-state index in [1.807, 2.05) is 6.07 Å². The van der Waals surface area contributed by atoms with Crippen LogP contribution in [0, 0.1) is 0 Å². The van der Waals surface area contributed by atoms with Crippen molar-refractivity contribution >= 4 is 22.3 Å². The van der Waals surface area contributed by atoms with Crippen LogP contribution in [0.25, 0.3) is 16.3 Å². The molecule has 25 heavy (non-hydrogen) atoms. The highest BCUT2D eigenvalue weighted by molar-refractivity contribution is 5.85. The second-order valence-corrected chi connectivity index (χ2v) is 6.54. The average Bonchev–Trinajstić information content (AvgIpc) is 2.65. The first-order valence-electron chi connectivity index (χ1n) is 8.66. The lowest BCUT2D eigenvalue weighted by atomic mass is 9.76. The van der Waals surface area contributed by atoms with Gasteiger partial charge in [0, 0.05) is 18.4 Å². The summed E-state index contributed by atoms with van der Waals surface area (Å²) >= 11 is 0. The molecule has 2 nitrogen and oxygen atoms in total. The first kappa shape index (κ1) is 15.6. The fourth-order valence-corrected chi connectivity index (χ4v) is 3.73. The number of carbonyl (C=O) groups is 1. The number of hydrogen-bond donors (Lipinski definition) is 0. The van der Waals surface area contributed by atoms with Gasteiger partial charge in [0.1, 0.15) is 0 Å². The topological polar surface area (TPSA) is 26.3 Å². The van der Waals surface area contributed by atoms with Gasteiger partial charge < -0.3 is 4.74 Å². The van der Waals surface area contributed by atoms with E-state index in [1.165, 1.54) is 34.4 Å². The maximum atomic E-state index is 11.3. The van der Waals surface area contributed by atoms with Crippen LogP contribution in [0.1, 0.15) is 36.0 Å². The van der Waals surface area contributed by atoms with Crippen LogP contribution in [-0.2, 0) is 16.0 Å². The molecule has 3 aromatic carbocycles. The summed E-state index contributed by atoms with van der Waals surface area (Å²) in [4.78, 5) is 11.3. The Morgan fingerprint density at radius 1 is 1.00 bits per heavy atom. The number of ether oxygens (including phenoxy) is 1. The fourth-order valence-electron chi connectivity index (χ4n) is 3.73. The largest absolute Gasteiger partial charge is 0.434 e. The number of carbonyl (C=O) groups excluding carboxylic acids is 1. The van der Waals surface area contributed by atoms with Crippen molar-refractivity contribution in [2.45, 2.75) is 25.7 Å². The molecule has 0 aromatic heterocycles. The Labute approximate surface area is 147 Å². The van der Waals surface area contributed by atoms with Crippen LogP contribution in [0.2, 0.25) is 0 Å². The van der Waals surface area contributed by atoms with Crippen LogP contribution in [0.5, 0.6) is 0 Å². The highest BCUT2D eigenvalue weighted by Crippen LogP contribution is 2.42. The van der Waals surface area contributed by atoms with Crippen LogP contribution >= 0.6 is 0 Å². The van der Waals surface area contributed by atoms with Crippen molar-refractivity contribution in [3.05, 3.63) is 89.7 Å². The number of aryl methyl sites for hydroxylation is 1. The van der Waals surface area contributed by atoms with Crippen molar-refractivity contribution in [1.82, 2.24) is 0 Å². The first-order chi connectivity index (χ1) is 12.2. The van der Waals surface area contributed by atoms with Gasteiger partial charge in [-0.1, -0.05) is 66.7 Å². The zero-order valence-corrected chi connectivity index (χ0v) is 14.2. The summed E-state index contributed by atoms with van der Waals surface area (Å²) in [6.07, 6.45) is 3.70. The summed E-state index contributed by atoms with van der Waals surface area (Å²) in [5.74, 6) is -0.0494. The van der Waals surface area contributed by atoms with E-state index in [0.717, 1.165) is 18.4 Å². The molecule has 0 fully saturated rings. The second-order valence-electron chi connectivity index (χ2n) is 6.54. The Morgan fingerprint density at radius 2 is 1.76 bits per heavy atom. The molecule has 0 N–H and O–H groups in total. The van der Waals surface area contributed by atoms with E-state index in [2.05, 4.69) is 60.7 Å². The van der Waals surface area contributed by atoms with Crippen molar-refractivity contribution in [2.75, 3.05) is 0 Å². The lowest BCUT2D eigenvalue weighted by molar-refractivity contribution is -0.135. The monoisotopic (exact) mass is 328 g/mol. The van der Waals surface area contributed by atoms with Crippen LogP contribution in [0.15, 0.2) is 73.0 Å². The predicted molar refractivity (Wildman–Crippen MR) is 101 cm³/mol. The van der Waals surface area contributed by atoms with Gasteiger partial charge in [-0.15, -0.1) is 0 Å². The van der Waals surface area contributed by atoms with Gasteiger partial charge >= 0.3 is 5.97 Å². The number of benzene rings is 3. The SMILES string of the molecule is CC(=O)O/C=C1/c2ccccc2CC[C@@H]1c1ccc2ccccc2c1. The highest BCUT2D eigenvalue weighted by atomic mass is 16.5. The summed E-state index contributed by atoms with van der Waals surface area (Å²) in [5.41, 5.74) is 4.87. The van der Waals surface area contributed by atoms with E-state index in [1.54, 1.807) is 6.26 Å². The third-order valence-electron chi connectivity index (χ3n) is 4.93. The molecule has 0 radical (unpaired) electrons. The van der Waals surface area contributed by atoms with E-state index in [4.69, 9.17) is 4.74 Å². The van der Waals surface area contributed by atoms with Crippen molar-refractivity contribution < 1.29 is 9.53 Å². The molecule has 0 spiro atoms. The van der Waals surface area contributed by atoms with E-state index in [9.17, 15) is 4.79 Å². The van der Waals surface area contributed by atoms with Crippen LogP contribution < -0.4 is 0 Å². The highest BCUT2D eigenvalue weighted by Gasteiger charge is 2.26. The predicted octanol–water partition coefficient (Wildman–Crippen LogP) is 5.47. The molecule has 3 aromatic rings. The quantitative estimate of drug-likeness (QED) is 0.460. The van der Waals surface area contributed by atoms with Gasteiger partial charge in [0.05, 0.1) is 6.26 Å². The molecule has 1 aliphatic carbocycles. The number of rotatable bonds is 2. The minimum Gasteiger partial charge on any atom is -0.434 e. The number of hydrogen-bond acceptors (Lipinski definition) is 2. The molecule has 0 amide bonds. The summed E-state index contributed by atoms with van der Waals surface area (Å²) < 4.78 is 5.28. The van der Waals surface area contributed by atoms with E-state index in [0.29, 0.717) is 0 Å². The van der Waals surface area contributed by atoms with Crippen LogP contribution in [0.3, 0.4) is 0 Å². The molecule has 1 aliphatic rings. The van der Waals surface area contributed by atoms with Crippen molar-refractivity contribution in [3.63, 3.8) is 0 Å². The Bertz CT molecular complexity index is 968. The molecule has 1 atom stereocenters. The maximum Gasteiger partial charge on any atom is 0.307 e. The molecule has 0 heterocycles. The second kappa shape index (κ2) is 6.56. The Kier molecular flexibility index (Phi) is 4.10. The van der Waals surface area contributed by atoms with Crippen molar-refractivity contribution in [2.24, 2.45) is 0 Å². The summed E-state index contributed by atoms with van der Waals surface area (Å²) in [6.45, 7) is 1.44. The van der Waals surface area contributed by atoms with Gasteiger partial charge in [-0.2, -0.15) is 0 Å². The number of fused-ring (bicyclic) bond motifs is 2. The molecule has 0 aliphatic heterocycles. The number of allylic oxidation sites excluding steroid dienone is 1. The van der Waals surface area contributed by atoms with Crippen LogP contribution in [-0.4, -0.2) is 5.97 Å².